The predicted molar refractivity (Wildman–Crippen MR) is 87.6 cm³/mol. The van der Waals surface area contributed by atoms with Crippen LogP contribution in [0.25, 0.3) is 10.9 Å². The summed E-state index contributed by atoms with van der Waals surface area (Å²) in [6.07, 6.45) is 4.37. The lowest BCUT2D eigenvalue weighted by Crippen LogP contribution is -2.39. The molecule has 1 aliphatic rings. The first-order valence-corrected chi connectivity index (χ1v) is 7.92. The van der Waals surface area contributed by atoms with Gasteiger partial charge in [-0.2, -0.15) is 0 Å². The highest BCUT2D eigenvalue weighted by atomic mass is 15.2. The molecule has 0 amide bonds. The van der Waals surface area contributed by atoms with E-state index in [2.05, 4.69) is 41.2 Å². The Morgan fingerprint density at radius 2 is 2.00 bits per heavy atom. The van der Waals surface area contributed by atoms with Crippen molar-refractivity contribution < 1.29 is 0 Å². The van der Waals surface area contributed by atoms with Crippen molar-refractivity contribution in [2.45, 2.75) is 32.7 Å². The Morgan fingerprint density at radius 3 is 2.76 bits per heavy atom. The zero-order chi connectivity index (χ0) is 14.7. The topological polar surface area (TPSA) is 41.0 Å². The van der Waals surface area contributed by atoms with Crippen LogP contribution >= 0.6 is 0 Å². The fourth-order valence-corrected chi connectivity index (χ4v) is 2.85. The van der Waals surface area contributed by atoms with Crippen LogP contribution in [0.4, 0.5) is 5.95 Å². The second kappa shape index (κ2) is 6.39. The van der Waals surface area contributed by atoms with Gasteiger partial charge in [-0.1, -0.05) is 32.0 Å². The third-order valence-corrected chi connectivity index (χ3v) is 4.19. The van der Waals surface area contributed by atoms with Crippen molar-refractivity contribution in [1.29, 1.82) is 0 Å². The van der Waals surface area contributed by atoms with Crippen LogP contribution in [0.3, 0.4) is 0 Å². The standard InChI is InChI=1S/C17H24N4/c1-13(2)18-11-14-7-9-21(10-8-14)17-19-12-15-5-3-4-6-16(15)20-17/h3-6,12-14,18H,7-11H2,1-2H3. The summed E-state index contributed by atoms with van der Waals surface area (Å²) in [6, 6.07) is 8.75. The third kappa shape index (κ3) is 3.50. The minimum absolute atomic E-state index is 0.576. The Hall–Kier alpha value is -1.68. The Balaban J connectivity index is 1.62. The molecule has 0 unspecified atom stereocenters. The molecule has 3 rings (SSSR count). The zero-order valence-corrected chi connectivity index (χ0v) is 12.9. The molecule has 21 heavy (non-hydrogen) atoms. The highest BCUT2D eigenvalue weighted by Crippen LogP contribution is 2.21. The average molecular weight is 284 g/mol. The minimum atomic E-state index is 0.576. The first kappa shape index (κ1) is 14.3. The number of para-hydroxylation sites is 1. The van der Waals surface area contributed by atoms with Gasteiger partial charge in [0.05, 0.1) is 5.52 Å². The third-order valence-electron chi connectivity index (χ3n) is 4.19. The molecular weight excluding hydrogens is 260 g/mol. The van der Waals surface area contributed by atoms with Crippen molar-refractivity contribution in [3.63, 3.8) is 0 Å². The summed E-state index contributed by atoms with van der Waals surface area (Å²) in [6.45, 7) is 7.66. The number of nitrogens with one attached hydrogen (secondary N) is 1. The van der Waals surface area contributed by atoms with Gasteiger partial charge in [-0.05, 0) is 31.4 Å². The van der Waals surface area contributed by atoms with Gasteiger partial charge < -0.3 is 10.2 Å². The van der Waals surface area contributed by atoms with E-state index in [1.165, 1.54) is 12.8 Å². The van der Waals surface area contributed by atoms with Crippen LogP contribution in [0.2, 0.25) is 0 Å². The molecule has 1 fully saturated rings. The van der Waals surface area contributed by atoms with Gasteiger partial charge in [-0.3, -0.25) is 0 Å². The van der Waals surface area contributed by atoms with Gasteiger partial charge in [0, 0.05) is 30.7 Å². The summed E-state index contributed by atoms with van der Waals surface area (Å²) in [4.78, 5) is 11.5. The molecule has 1 aliphatic heterocycles. The van der Waals surface area contributed by atoms with E-state index in [0.29, 0.717) is 6.04 Å². The van der Waals surface area contributed by atoms with Crippen LogP contribution in [0.1, 0.15) is 26.7 Å². The van der Waals surface area contributed by atoms with Crippen molar-refractivity contribution in [2.75, 3.05) is 24.5 Å². The molecule has 2 heterocycles. The summed E-state index contributed by atoms with van der Waals surface area (Å²) in [5.74, 6) is 1.66. The number of benzene rings is 1. The number of hydrogen-bond donors (Lipinski definition) is 1. The molecule has 4 heteroatoms. The van der Waals surface area contributed by atoms with E-state index < -0.39 is 0 Å². The van der Waals surface area contributed by atoms with Crippen molar-refractivity contribution in [3.05, 3.63) is 30.5 Å². The maximum absolute atomic E-state index is 4.70. The monoisotopic (exact) mass is 284 g/mol. The number of nitrogens with zero attached hydrogens (tertiary/aromatic N) is 3. The second-order valence-corrected chi connectivity index (χ2v) is 6.22. The summed E-state index contributed by atoms with van der Waals surface area (Å²) >= 11 is 0. The zero-order valence-electron chi connectivity index (χ0n) is 12.9. The quantitative estimate of drug-likeness (QED) is 0.937. The van der Waals surface area contributed by atoms with E-state index in [-0.39, 0.29) is 0 Å². The van der Waals surface area contributed by atoms with Crippen LogP contribution in [0.5, 0.6) is 0 Å². The Kier molecular flexibility index (Phi) is 4.34. The number of fused-ring (bicyclic) bond motifs is 1. The molecule has 1 saturated heterocycles. The average Bonchev–Trinajstić information content (AvgIpc) is 2.53. The number of anilines is 1. The van der Waals surface area contributed by atoms with E-state index in [4.69, 9.17) is 4.98 Å². The fraction of sp³-hybridized carbons (Fsp3) is 0.529. The van der Waals surface area contributed by atoms with Gasteiger partial charge in [0.25, 0.3) is 0 Å². The first-order chi connectivity index (χ1) is 10.2. The molecular formula is C17H24N4. The molecule has 4 nitrogen and oxygen atoms in total. The highest BCUT2D eigenvalue weighted by molar-refractivity contribution is 5.78. The summed E-state index contributed by atoms with van der Waals surface area (Å²) in [5.41, 5.74) is 1.03. The van der Waals surface area contributed by atoms with Crippen molar-refractivity contribution >= 4 is 16.9 Å². The molecule has 0 saturated carbocycles. The molecule has 0 spiro atoms. The molecule has 112 valence electrons. The SMILES string of the molecule is CC(C)NCC1CCN(c2ncc3ccccc3n2)CC1. The molecule has 0 aliphatic carbocycles. The summed E-state index contributed by atoms with van der Waals surface area (Å²) in [5, 5.41) is 4.65. The Labute approximate surface area is 126 Å². The summed E-state index contributed by atoms with van der Waals surface area (Å²) < 4.78 is 0. The van der Waals surface area contributed by atoms with Gasteiger partial charge in [0.1, 0.15) is 0 Å². The molecule has 2 aromatic rings. The smallest absolute Gasteiger partial charge is 0.225 e. The van der Waals surface area contributed by atoms with Gasteiger partial charge in [-0.25, -0.2) is 9.97 Å². The number of hydrogen-bond acceptors (Lipinski definition) is 4. The van der Waals surface area contributed by atoms with Gasteiger partial charge >= 0.3 is 0 Å². The minimum Gasteiger partial charge on any atom is -0.341 e. The predicted octanol–water partition coefficient (Wildman–Crippen LogP) is 2.84. The number of rotatable bonds is 4. The summed E-state index contributed by atoms with van der Waals surface area (Å²) in [7, 11) is 0. The molecule has 0 radical (unpaired) electrons. The Bertz CT molecular complexity index is 588. The van der Waals surface area contributed by atoms with E-state index in [9.17, 15) is 0 Å². The fourth-order valence-electron chi connectivity index (χ4n) is 2.85. The van der Waals surface area contributed by atoms with Crippen LogP contribution in [-0.2, 0) is 0 Å². The maximum atomic E-state index is 4.70. The second-order valence-electron chi connectivity index (χ2n) is 6.22. The van der Waals surface area contributed by atoms with Crippen LogP contribution < -0.4 is 10.2 Å². The van der Waals surface area contributed by atoms with Crippen LogP contribution in [-0.4, -0.2) is 35.6 Å². The van der Waals surface area contributed by atoms with Crippen molar-refractivity contribution in [1.82, 2.24) is 15.3 Å². The molecule has 1 N–H and O–H groups in total. The lowest BCUT2D eigenvalue weighted by Gasteiger charge is -2.32. The normalized spacial score (nSPS) is 16.8. The lowest BCUT2D eigenvalue weighted by atomic mass is 9.97. The molecule has 1 aromatic carbocycles. The van der Waals surface area contributed by atoms with E-state index in [1.807, 2.05) is 18.3 Å². The van der Waals surface area contributed by atoms with E-state index >= 15 is 0 Å². The number of piperidine rings is 1. The van der Waals surface area contributed by atoms with Gasteiger partial charge in [0.2, 0.25) is 5.95 Å². The largest absolute Gasteiger partial charge is 0.341 e. The van der Waals surface area contributed by atoms with E-state index in [1.54, 1.807) is 0 Å². The molecule has 0 bridgehead atoms. The van der Waals surface area contributed by atoms with Gasteiger partial charge in [-0.15, -0.1) is 0 Å². The molecule has 0 atom stereocenters. The highest BCUT2D eigenvalue weighted by Gasteiger charge is 2.21. The lowest BCUT2D eigenvalue weighted by molar-refractivity contribution is 0.369. The van der Waals surface area contributed by atoms with Crippen molar-refractivity contribution in [2.24, 2.45) is 5.92 Å². The molecule has 1 aromatic heterocycles. The van der Waals surface area contributed by atoms with Gasteiger partial charge in [0.15, 0.2) is 0 Å². The van der Waals surface area contributed by atoms with E-state index in [0.717, 1.165) is 42.4 Å². The van der Waals surface area contributed by atoms with Crippen LogP contribution in [0, 0.1) is 5.92 Å². The first-order valence-electron chi connectivity index (χ1n) is 7.92. The maximum Gasteiger partial charge on any atom is 0.225 e. The Morgan fingerprint density at radius 1 is 1.24 bits per heavy atom. The van der Waals surface area contributed by atoms with Crippen molar-refractivity contribution in [3.8, 4) is 0 Å². The van der Waals surface area contributed by atoms with Crippen LogP contribution in [0.15, 0.2) is 30.5 Å². The number of aromatic nitrogens is 2.